The van der Waals surface area contributed by atoms with Crippen LogP contribution >= 0.6 is 0 Å². The monoisotopic (exact) mass is 1190 g/mol. The predicted molar refractivity (Wildman–Crippen MR) is 365 cm³/mol. The first-order valence-electron chi connectivity index (χ1n) is 30.2. The molecule has 92 heavy (non-hydrogen) atoms. The van der Waals surface area contributed by atoms with Crippen molar-refractivity contribution in [2.24, 2.45) is 0 Å². The average molecular weight is 1190 g/mol. The van der Waals surface area contributed by atoms with Crippen molar-refractivity contribution in [3.63, 3.8) is 0 Å². The van der Waals surface area contributed by atoms with E-state index in [-0.39, 0.29) is 11.1 Å². The number of benzene rings is 10. The number of nitriles is 1. The van der Waals surface area contributed by atoms with E-state index in [1.165, 1.54) is 12.1 Å². The molecule has 16 rings (SSSR count). The second-order valence-corrected chi connectivity index (χ2v) is 22.7. The molecule has 0 aliphatic rings. The molecule has 0 spiro atoms. The number of hydrogen-bond donors (Lipinski definition) is 0. The highest BCUT2D eigenvalue weighted by molar-refractivity contribution is 6.15. The minimum Gasteiger partial charge on any atom is -0.308 e. The Kier molecular flexibility index (Phi) is 13.6. The van der Waals surface area contributed by atoms with Gasteiger partial charge in [-0.15, -0.1) is 0 Å². The molecule has 6 heterocycles. The first kappa shape index (κ1) is 55.0. The zero-order valence-corrected chi connectivity index (χ0v) is 49.1. The first-order valence-corrected chi connectivity index (χ1v) is 30.2. The summed E-state index contributed by atoms with van der Waals surface area (Å²) in [5.41, 5.74) is 18.1. The van der Waals surface area contributed by atoms with Crippen LogP contribution in [0.5, 0.6) is 0 Å². The molecular formula is C82H50F3N7. The van der Waals surface area contributed by atoms with E-state index in [9.17, 15) is 5.26 Å². The van der Waals surface area contributed by atoms with Crippen molar-refractivity contribution in [1.82, 2.24) is 29.1 Å². The first-order chi connectivity index (χ1) is 45.2. The van der Waals surface area contributed by atoms with Gasteiger partial charge < -0.3 is 9.13 Å². The molecule has 10 aromatic carbocycles. The third-order valence-electron chi connectivity index (χ3n) is 17.4. The third kappa shape index (κ3) is 9.64. The summed E-state index contributed by atoms with van der Waals surface area (Å²) in [5, 5.41) is 15.2. The number of aromatic nitrogens is 6. The maximum Gasteiger partial charge on any atom is 0.416 e. The summed E-state index contributed by atoms with van der Waals surface area (Å²) in [6.07, 6.45) is 2.45. The van der Waals surface area contributed by atoms with Crippen LogP contribution < -0.4 is 0 Å². The summed E-state index contributed by atoms with van der Waals surface area (Å²) < 4.78 is 50.9. The fraction of sp³-hybridized carbons (Fsp3) is 0.0122. The van der Waals surface area contributed by atoms with Crippen LogP contribution in [0, 0.1) is 11.3 Å². The summed E-state index contributed by atoms with van der Waals surface area (Å²) in [7, 11) is 0. The molecule has 434 valence electrons. The molecule has 0 radical (unpaired) electrons. The van der Waals surface area contributed by atoms with Crippen LogP contribution in [0.15, 0.2) is 304 Å². The van der Waals surface area contributed by atoms with Gasteiger partial charge in [0.1, 0.15) is 0 Å². The van der Waals surface area contributed by atoms with Gasteiger partial charge in [0.15, 0.2) is 0 Å². The van der Waals surface area contributed by atoms with Gasteiger partial charge >= 0.3 is 6.18 Å². The maximum absolute atomic E-state index is 15.6. The van der Waals surface area contributed by atoms with Crippen LogP contribution in [0.3, 0.4) is 0 Å². The van der Waals surface area contributed by atoms with Crippen LogP contribution in [0.25, 0.3) is 156 Å². The lowest BCUT2D eigenvalue weighted by Gasteiger charge is -2.22. The summed E-state index contributed by atoms with van der Waals surface area (Å²) in [4.78, 5) is 19.8. The maximum atomic E-state index is 15.6. The third-order valence-corrected chi connectivity index (χ3v) is 17.4. The van der Waals surface area contributed by atoms with Crippen molar-refractivity contribution >= 4 is 43.6 Å². The number of halogens is 3. The van der Waals surface area contributed by atoms with Gasteiger partial charge in [-0.2, -0.15) is 18.4 Å². The molecule has 6 aromatic heterocycles. The largest absolute Gasteiger partial charge is 0.416 e. The summed E-state index contributed by atoms with van der Waals surface area (Å²) in [6.45, 7) is 0. The fourth-order valence-electron chi connectivity index (χ4n) is 13.3. The van der Waals surface area contributed by atoms with Gasteiger partial charge in [0.2, 0.25) is 0 Å². The van der Waals surface area contributed by atoms with Gasteiger partial charge in [0.05, 0.1) is 73.4 Å². The lowest BCUT2D eigenvalue weighted by atomic mass is 9.96. The van der Waals surface area contributed by atoms with Gasteiger partial charge in [-0.05, 0) is 101 Å². The topological polar surface area (TPSA) is 85.2 Å². The van der Waals surface area contributed by atoms with Crippen molar-refractivity contribution in [3.8, 4) is 118 Å². The van der Waals surface area contributed by atoms with Gasteiger partial charge in [-0.25, -0.2) is 0 Å². The zero-order valence-electron chi connectivity index (χ0n) is 49.1. The van der Waals surface area contributed by atoms with Crippen molar-refractivity contribution in [2.45, 2.75) is 6.18 Å². The lowest BCUT2D eigenvalue weighted by Crippen LogP contribution is -2.07. The van der Waals surface area contributed by atoms with Crippen molar-refractivity contribution in [2.75, 3.05) is 0 Å². The Hall–Kier alpha value is -12.3. The molecule has 0 aliphatic carbocycles. The minimum atomic E-state index is -4.71. The molecule has 0 unspecified atom stereocenters. The van der Waals surface area contributed by atoms with Crippen LogP contribution in [0.4, 0.5) is 13.2 Å². The predicted octanol–water partition coefficient (Wildman–Crippen LogP) is 21.4. The molecule has 0 saturated heterocycles. The van der Waals surface area contributed by atoms with Gasteiger partial charge in [0, 0.05) is 96.4 Å². The lowest BCUT2D eigenvalue weighted by molar-refractivity contribution is -0.137. The normalized spacial score (nSPS) is 11.6. The Balaban J connectivity index is 1.05. The summed E-state index contributed by atoms with van der Waals surface area (Å²) in [6, 6.07) is 93.3. The molecule has 0 bridgehead atoms. The van der Waals surface area contributed by atoms with E-state index in [1.807, 2.05) is 158 Å². The van der Waals surface area contributed by atoms with Gasteiger partial charge in [-0.3, -0.25) is 19.9 Å². The second kappa shape index (κ2) is 22.7. The highest BCUT2D eigenvalue weighted by Crippen LogP contribution is 2.48. The van der Waals surface area contributed by atoms with E-state index in [2.05, 4.69) is 112 Å². The molecule has 0 amide bonds. The van der Waals surface area contributed by atoms with E-state index in [0.717, 1.165) is 139 Å². The Morgan fingerprint density at radius 3 is 0.891 bits per heavy atom. The zero-order chi connectivity index (χ0) is 61.9. The molecule has 0 N–H and O–H groups in total. The summed E-state index contributed by atoms with van der Waals surface area (Å²) >= 11 is 0. The molecular weight excluding hydrogens is 1140 g/mol. The van der Waals surface area contributed by atoms with E-state index >= 15 is 13.2 Å². The number of nitrogens with zero attached hydrogens (tertiary/aromatic N) is 7. The minimum absolute atomic E-state index is 0.282. The Morgan fingerprint density at radius 1 is 0.293 bits per heavy atom. The Morgan fingerprint density at radius 2 is 0.598 bits per heavy atom. The number of rotatable bonds is 11. The smallest absolute Gasteiger partial charge is 0.308 e. The van der Waals surface area contributed by atoms with E-state index in [1.54, 1.807) is 30.9 Å². The number of fused-ring (bicyclic) bond motifs is 6. The van der Waals surface area contributed by atoms with Crippen molar-refractivity contribution < 1.29 is 13.2 Å². The van der Waals surface area contributed by atoms with E-state index in [0.29, 0.717) is 16.9 Å². The van der Waals surface area contributed by atoms with E-state index in [4.69, 9.17) is 19.9 Å². The van der Waals surface area contributed by atoms with Gasteiger partial charge in [0.25, 0.3) is 0 Å². The molecule has 0 saturated carbocycles. The van der Waals surface area contributed by atoms with Crippen LogP contribution in [-0.2, 0) is 6.18 Å². The molecule has 0 aliphatic heterocycles. The van der Waals surface area contributed by atoms with Crippen LogP contribution in [0.2, 0.25) is 0 Å². The average Bonchev–Trinajstić information content (AvgIpc) is 1.51. The second-order valence-electron chi connectivity index (χ2n) is 22.7. The van der Waals surface area contributed by atoms with Crippen molar-refractivity contribution in [1.29, 1.82) is 5.26 Å². The van der Waals surface area contributed by atoms with Crippen LogP contribution in [0.1, 0.15) is 11.1 Å². The van der Waals surface area contributed by atoms with Crippen molar-refractivity contribution in [3.05, 3.63) is 315 Å². The quantitative estimate of drug-likeness (QED) is 0.129. The Bertz CT molecular complexity index is 4990. The number of alkyl halides is 3. The Labute approximate surface area is 527 Å². The highest BCUT2D eigenvalue weighted by atomic mass is 19.4. The number of pyridine rings is 4. The summed E-state index contributed by atoms with van der Waals surface area (Å²) in [5.74, 6) is 0. The number of hydrogen-bond acceptors (Lipinski definition) is 5. The van der Waals surface area contributed by atoms with Gasteiger partial charge in [-0.1, -0.05) is 206 Å². The highest BCUT2D eigenvalue weighted by Gasteiger charge is 2.32. The molecule has 10 heteroatoms. The molecule has 0 atom stereocenters. The van der Waals surface area contributed by atoms with Crippen LogP contribution in [-0.4, -0.2) is 29.1 Å². The standard InChI is InChI=1S/C82H50F3N7/c83-82(84,85)62-27-13-26-61(46-62)77-75(91-71-47-57(63-28-14-40-87-78(63)53-18-5-1-6-19-53)32-36-67(71)68-37-33-58(48-72(68)91)64-29-15-41-88-79(64)54-20-7-2-8-21-54)44-52(51-86)45-76(77)92-73-49-59(65-30-16-42-89-80(65)55-22-9-3-10-23-55)34-38-69(73)70-39-35-60(50-74(70)92)66-31-17-43-90-81(66)56-24-11-4-12-25-56/h1-50H. The molecule has 16 aromatic rings. The van der Waals surface area contributed by atoms with E-state index < -0.39 is 11.7 Å². The molecule has 0 fully saturated rings. The molecule has 7 nitrogen and oxygen atoms in total. The SMILES string of the molecule is N#Cc1cc(-n2c3cc(-c4cccnc4-c4ccccc4)ccc3c3ccc(-c4cccnc4-c4ccccc4)cc32)c(-c2cccc(C(F)(F)F)c2)c(-n2c3cc(-c4cccnc4-c4ccccc4)ccc3c3ccc(-c4cccnc4-c4ccccc4)cc32)c1. The fourth-order valence-corrected chi connectivity index (χ4v) is 13.3.